The van der Waals surface area contributed by atoms with Gasteiger partial charge in [-0.15, -0.1) is 0 Å². The third kappa shape index (κ3) is 5.65. The molecule has 0 atom stereocenters. The van der Waals surface area contributed by atoms with E-state index in [1.165, 1.54) is 5.56 Å². The van der Waals surface area contributed by atoms with Gasteiger partial charge in [0.05, 0.1) is 11.4 Å². The van der Waals surface area contributed by atoms with Gasteiger partial charge >= 0.3 is 0 Å². The average molecular weight is 409 g/mol. The standard InChI is InChI=1S/C24H32N4O2/c1-16-10-11-17(2)25-22(16)19(4)27-29-14-24(5,6)15-30-28-21-9-7-8-20-13-12-18(3)26-23(20)21/h10-13H,7-9,14-15H2,1-6H3/b27-19+,28-21+. The van der Waals surface area contributed by atoms with Gasteiger partial charge in [0.15, 0.2) is 0 Å². The van der Waals surface area contributed by atoms with Gasteiger partial charge < -0.3 is 9.68 Å². The molecule has 1 aliphatic carbocycles. The lowest BCUT2D eigenvalue weighted by Crippen LogP contribution is -2.24. The molecule has 0 amide bonds. The fraction of sp³-hybridized carbons (Fsp3) is 0.500. The fourth-order valence-electron chi connectivity index (χ4n) is 3.36. The second-order valence-electron chi connectivity index (χ2n) is 8.86. The first-order valence-corrected chi connectivity index (χ1v) is 10.5. The molecule has 0 spiro atoms. The van der Waals surface area contributed by atoms with Crippen LogP contribution in [0.1, 0.15) is 67.5 Å². The maximum Gasteiger partial charge on any atom is 0.125 e. The molecule has 0 bridgehead atoms. The lowest BCUT2D eigenvalue weighted by atomic mass is 9.94. The van der Waals surface area contributed by atoms with Gasteiger partial charge in [-0.3, -0.25) is 9.97 Å². The molecule has 0 fully saturated rings. The summed E-state index contributed by atoms with van der Waals surface area (Å²) in [4.78, 5) is 20.6. The molecular weight excluding hydrogens is 376 g/mol. The topological polar surface area (TPSA) is 69.0 Å². The third-order valence-corrected chi connectivity index (χ3v) is 5.12. The quantitative estimate of drug-likeness (QED) is 0.481. The molecular formula is C24H32N4O2. The molecule has 0 N–H and O–H groups in total. The number of fused-ring (bicyclic) bond motifs is 1. The number of oxime groups is 2. The molecule has 160 valence electrons. The van der Waals surface area contributed by atoms with Crippen LogP contribution in [0.5, 0.6) is 0 Å². The Labute approximate surface area is 179 Å². The second kappa shape index (κ2) is 9.37. The summed E-state index contributed by atoms with van der Waals surface area (Å²) >= 11 is 0. The number of aromatic nitrogens is 2. The molecule has 2 aromatic heterocycles. The Hall–Kier alpha value is -2.76. The monoisotopic (exact) mass is 408 g/mol. The fourth-order valence-corrected chi connectivity index (χ4v) is 3.36. The molecule has 0 saturated carbocycles. The van der Waals surface area contributed by atoms with Crippen LogP contribution in [0.2, 0.25) is 0 Å². The van der Waals surface area contributed by atoms with Crippen LogP contribution in [0.4, 0.5) is 0 Å². The van der Waals surface area contributed by atoms with Crippen molar-refractivity contribution in [1.29, 1.82) is 0 Å². The summed E-state index contributed by atoms with van der Waals surface area (Å²) in [6.45, 7) is 12.9. The van der Waals surface area contributed by atoms with Crippen molar-refractivity contribution in [2.45, 2.75) is 60.8 Å². The maximum atomic E-state index is 5.72. The summed E-state index contributed by atoms with van der Waals surface area (Å²) in [6, 6.07) is 8.25. The van der Waals surface area contributed by atoms with Crippen molar-refractivity contribution in [3.05, 3.63) is 58.2 Å². The average Bonchev–Trinajstić information content (AvgIpc) is 2.69. The Morgan fingerprint density at radius 1 is 0.967 bits per heavy atom. The highest BCUT2D eigenvalue weighted by Gasteiger charge is 2.22. The second-order valence-corrected chi connectivity index (χ2v) is 8.86. The van der Waals surface area contributed by atoms with Crippen LogP contribution in [0.15, 0.2) is 34.6 Å². The number of aryl methyl sites for hydroxylation is 4. The van der Waals surface area contributed by atoms with Crippen LogP contribution >= 0.6 is 0 Å². The van der Waals surface area contributed by atoms with E-state index in [0.717, 1.165) is 59.0 Å². The van der Waals surface area contributed by atoms with E-state index in [1.807, 2.05) is 39.8 Å². The lowest BCUT2D eigenvalue weighted by molar-refractivity contribution is -0.000161. The number of rotatable bonds is 7. The number of pyridine rings is 2. The van der Waals surface area contributed by atoms with Crippen molar-refractivity contribution in [2.75, 3.05) is 13.2 Å². The minimum absolute atomic E-state index is 0.236. The molecule has 6 nitrogen and oxygen atoms in total. The Morgan fingerprint density at radius 3 is 2.47 bits per heavy atom. The van der Waals surface area contributed by atoms with Crippen LogP contribution in [-0.4, -0.2) is 34.6 Å². The van der Waals surface area contributed by atoms with E-state index in [1.54, 1.807) is 0 Å². The van der Waals surface area contributed by atoms with Gasteiger partial charge in [0.1, 0.15) is 24.6 Å². The molecule has 0 aromatic carbocycles. The van der Waals surface area contributed by atoms with E-state index in [-0.39, 0.29) is 5.41 Å². The summed E-state index contributed by atoms with van der Waals surface area (Å²) in [5.74, 6) is 0. The highest BCUT2D eigenvalue weighted by molar-refractivity contribution is 6.00. The van der Waals surface area contributed by atoms with Gasteiger partial charge in [0.2, 0.25) is 0 Å². The zero-order chi connectivity index (χ0) is 21.7. The first kappa shape index (κ1) is 21.9. The molecule has 0 saturated heterocycles. The van der Waals surface area contributed by atoms with Gasteiger partial charge in [0, 0.05) is 16.8 Å². The van der Waals surface area contributed by atoms with Crippen LogP contribution in [0, 0.1) is 26.2 Å². The highest BCUT2D eigenvalue weighted by atomic mass is 16.6. The van der Waals surface area contributed by atoms with Gasteiger partial charge in [-0.2, -0.15) is 0 Å². The van der Waals surface area contributed by atoms with Gasteiger partial charge in [-0.05, 0) is 70.2 Å². The van der Waals surface area contributed by atoms with Crippen molar-refractivity contribution in [1.82, 2.24) is 9.97 Å². The summed E-state index contributed by atoms with van der Waals surface area (Å²) in [6.07, 6.45) is 3.02. The highest BCUT2D eigenvalue weighted by Crippen LogP contribution is 2.22. The van der Waals surface area contributed by atoms with E-state index in [2.05, 4.69) is 46.3 Å². The van der Waals surface area contributed by atoms with Crippen molar-refractivity contribution < 1.29 is 9.68 Å². The van der Waals surface area contributed by atoms with E-state index in [4.69, 9.17) is 9.68 Å². The Bertz CT molecular complexity index is 964. The first-order chi connectivity index (χ1) is 14.2. The van der Waals surface area contributed by atoms with Crippen LogP contribution in [-0.2, 0) is 16.1 Å². The minimum Gasteiger partial charge on any atom is -0.395 e. The largest absolute Gasteiger partial charge is 0.395 e. The molecule has 6 heteroatoms. The molecule has 0 unspecified atom stereocenters. The van der Waals surface area contributed by atoms with Crippen LogP contribution in [0.3, 0.4) is 0 Å². The Morgan fingerprint density at radius 2 is 1.67 bits per heavy atom. The van der Waals surface area contributed by atoms with Crippen molar-refractivity contribution in [2.24, 2.45) is 15.7 Å². The molecule has 2 aromatic rings. The van der Waals surface area contributed by atoms with Crippen molar-refractivity contribution in [3.8, 4) is 0 Å². The Balaban J connectivity index is 1.57. The molecule has 2 heterocycles. The predicted molar refractivity (Wildman–Crippen MR) is 120 cm³/mol. The van der Waals surface area contributed by atoms with E-state index >= 15 is 0 Å². The van der Waals surface area contributed by atoms with Crippen LogP contribution < -0.4 is 0 Å². The maximum absolute atomic E-state index is 5.72. The van der Waals surface area contributed by atoms with Gasteiger partial charge in [-0.1, -0.05) is 36.3 Å². The summed E-state index contributed by atoms with van der Waals surface area (Å²) in [7, 11) is 0. The first-order valence-electron chi connectivity index (χ1n) is 10.5. The molecule has 3 rings (SSSR count). The van der Waals surface area contributed by atoms with Crippen molar-refractivity contribution >= 4 is 11.4 Å². The van der Waals surface area contributed by atoms with Gasteiger partial charge in [0.25, 0.3) is 0 Å². The molecule has 0 radical (unpaired) electrons. The SMILES string of the molecule is C/C(=N\OCC(C)(C)CO/N=C1\CCCc2ccc(C)nc21)c1nc(C)ccc1C. The predicted octanol–water partition coefficient (Wildman–Crippen LogP) is 4.93. The molecule has 1 aliphatic rings. The zero-order valence-corrected chi connectivity index (χ0v) is 19.0. The van der Waals surface area contributed by atoms with Crippen molar-refractivity contribution in [3.63, 3.8) is 0 Å². The Kier molecular flexibility index (Phi) is 6.85. The lowest BCUT2D eigenvalue weighted by Gasteiger charge is -2.22. The van der Waals surface area contributed by atoms with Gasteiger partial charge in [-0.25, -0.2) is 0 Å². The molecule has 0 aliphatic heterocycles. The van der Waals surface area contributed by atoms with E-state index < -0.39 is 0 Å². The summed E-state index contributed by atoms with van der Waals surface area (Å²) in [5, 5.41) is 8.69. The van der Waals surface area contributed by atoms with Crippen LogP contribution in [0.25, 0.3) is 0 Å². The zero-order valence-electron chi connectivity index (χ0n) is 19.0. The number of nitrogens with zero attached hydrogens (tertiary/aromatic N) is 4. The summed E-state index contributed by atoms with van der Waals surface area (Å²) < 4.78 is 0. The normalized spacial score (nSPS) is 15.8. The van der Waals surface area contributed by atoms with E-state index in [9.17, 15) is 0 Å². The summed E-state index contributed by atoms with van der Waals surface area (Å²) in [5.41, 5.74) is 7.63. The smallest absolute Gasteiger partial charge is 0.125 e. The van der Waals surface area contributed by atoms with E-state index in [0.29, 0.717) is 13.2 Å². The third-order valence-electron chi connectivity index (χ3n) is 5.12. The molecule has 30 heavy (non-hydrogen) atoms. The number of hydrogen-bond donors (Lipinski definition) is 0. The number of hydrogen-bond acceptors (Lipinski definition) is 6. The minimum atomic E-state index is -0.236.